The molecule has 18 heavy (non-hydrogen) atoms. The normalized spacial score (nSPS) is 17.9. The summed E-state index contributed by atoms with van der Waals surface area (Å²) in [5.41, 5.74) is 2.90. The number of hydrogen-bond acceptors (Lipinski definition) is 2. The lowest BCUT2D eigenvalue weighted by molar-refractivity contribution is 0.0981. The van der Waals surface area contributed by atoms with Crippen LogP contribution in [0, 0.1) is 0 Å². The van der Waals surface area contributed by atoms with Gasteiger partial charge in [-0.2, -0.15) is 5.10 Å². The van der Waals surface area contributed by atoms with Crippen LogP contribution in [-0.4, -0.2) is 21.7 Å². The molecule has 92 valence electrons. The predicted octanol–water partition coefficient (Wildman–Crippen LogP) is 2.01. The van der Waals surface area contributed by atoms with E-state index in [0.717, 1.165) is 12.1 Å². The second kappa shape index (κ2) is 3.98. The number of nitrogens with zero attached hydrogens (tertiary/aromatic N) is 3. The Morgan fingerprint density at radius 2 is 2.17 bits per heavy atom. The van der Waals surface area contributed by atoms with E-state index in [1.54, 1.807) is 17.1 Å². The van der Waals surface area contributed by atoms with Crippen molar-refractivity contribution in [3.05, 3.63) is 47.8 Å². The Labute approximate surface area is 106 Å². The Morgan fingerprint density at radius 3 is 2.89 bits per heavy atom. The minimum atomic E-state index is 0.0283. The Morgan fingerprint density at radius 1 is 1.39 bits per heavy atom. The van der Waals surface area contributed by atoms with Crippen LogP contribution in [0.2, 0.25) is 0 Å². The van der Waals surface area contributed by atoms with Gasteiger partial charge in [0.05, 0.1) is 11.8 Å². The number of para-hydroxylation sites is 1. The van der Waals surface area contributed by atoms with Crippen molar-refractivity contribution in [3.8, 4) is 0 Å². The third-order valence-corrected chi connectivity index (χ3v) is 3.38. The van der Waals surface area contributed by atoms with Gasteiger partial charge >= 0.3 is 0 Å². The molecule has 1 aromatic heterocycles. The summed E-state index contributed by atoms with van der Waals surface area (Å²) in [7, 11) is 1.82. The summed E-state index contributed by atoms with van der Waals surface area (Å²) in [6, 6.07) is 8.29. The number of amides is 1. The van der Waals surface area contributed by atoms with Crippen molar-refractivity contribution < 1.29 is 4.79 Å². The van der Waals surface area contributed by atoms with Crippen LogP contribution in [-0.2, 0) is 13.5 Å². The molecule has 0 saturated heterocycles. The van der Waals surface area contributed by atoms with Gasteiger partial charge in [-0.1, -0.05) is 18.2 Å². The molecule has 0 unspecified atom stereocenters. The molecule has 1 aliphatic rings. The summed E-state index contributed by atoms with van der Waals surface area (Å²) in [4.78, 5) is 14.4. The van der Waals surface area contributed by atoms with Gasteiger partial charge in [0.1, 0.15) is 0 Å². The Hall–Kier alpha value is -2.10. The SMILES string of the molecule is C[C@H]1Cc2ccccc2N1C(=O)c1cnn(C)c1. The third kappa shape index (κ3) is 1.61. The lowest BCUT2D eigenvalue weighted by atomic mass is 10.1. The van der Waals surface area contributed by atoms with Gasteiger partial charge in [0, 0.05) is 25.0 Å². The van der Waals surface area contributed by atoms with Crippen LogP contribution in [0.1, 0.15) is 22.8 Å². The van der Waals surface area contributed by atoms with Crippen molar-refractivity contribution in [2.24, 2.45) is 7.05 Å². The van der Waals surface area contributed by atoms with Crippen molar-refractivity contribution in [1.29, 1.82) is 0 Å². The quantitative estimate of drug-likeness (QED) is 0.766. The average molecular weight is 241 g/mol. The topological polar surface area (TPSA) is 38.1 Å². The summed E-state index contributed by atoms with van der Waals surface area (Å²) < 4.78 is 1.65. The molecule has 0 spiro atoms. The molecule has 0 fully saturated rings. The van der Waals surface area contributed by atoms with E-state index in [-0.39, 0.29) is 11.9 Å². The number of hydrogen-bond donors (Lipinski definition) is 0. The van der Waals surface area contributed by atoms with Crippen molar-refractivity contribution in [1.82, 2.24) is 9.78 Å². The molecule has 2 aromatic rings. The van der Waals surface area contributed by atoms with Gasteiger partial charge in [0.2, 0.25) is 0 Å². The fourth-order valence-electron chi connectivity index (χ4n) is 2.55. The van der Waals surface area contributed by atoms with Crippen LogP contribution < -0.4 is 4.90 Å². The first-order valence-electron chi connectivity index (χ1n) is 6.07. The van der Waals surface area contributed by atoms with Crippen molar-refractivity contribution in [2.45, 2.75) is 19.4 Å². The molecule has 1 atom stereocenters. The van der Waals surface area contributed by atoms with Crippen molar-refractivity contribution in [3.63, 3.8) is 0 Å². The highest BCUT2D eigenvalue weighted by Gasteiger charge is 2.31. The molecule has 1 aliphatic heterocycles. The van der Waals surface area contributed by atoms with E-state index in [1.807, 2.05) is 30.1 Å². The Balaban J connectivity index is 2.00. The molecule has 1 amide bonds. The fraction of sp³-hybridized carbons (Fsp3) is 0.286. The lowest BCUT2D eigenvalue weighted by Gasteiger charge is -2.21. The van der Waals surface area contributed by atoms with Gasteiger partial charge < -0.3 is 4.90 Å². The second-order valence-corrected chi connectivity index (χ2v) is 4.76. The standard InChI is InChI=1S/C14H15N3O/c1-10-7-11-5-3-4-6-13(11)17(10)14(18)12-8-15-16(2)9-12/h3-6,8-10H,7H2,1-2H3/t10-/m0/s1. The molecular formula is C14H15N3O. The summed E-state index contributed by atoms with van der Waals surface area (Å²) in [6.07, 6.45) is 4.30. The van der Waals surface area contributed by atoms with Gasteiger partial charge in [0.25, 0.3) is 5.91 Å². The molecule has 4 nitrogen and oxygen atoms in total. The van der Waals surface area contributed by atoms with E-state index in [9.17, 15) is 4.79 Å². The minimum Gasteiger partial charge on any atom is -0.305 e. The zero-order valence-corrected chi connectivity index (χ0v) is 10.5. The number of aryl methyl sites for hydroxylation is 1. The molecule has 0 aliphatic carbocycles. The largest absolute Gasteiger partial charge is 0.305 e. The first-order valence-corrected chi connectivity index (χ1v) is 6.07. The first-order chi connectivity index (χ1) is 8.66. The maximum absolute atomic E-state index is 12.5. The summed E-state index contributed by atoms with van der Waals surface area (Å²) in [5, 5.41) is 4.06. The van der Waals surface area contributed by atoms with Crippen LogP contribution in [0.25, 0.3) is 0 Å². The van der Waals surface area contributed by atoms with E-state index < -0.39 is 0 Å². The zero-order valence-electron chi connectivity index (χ0n) is 10.5. The first kappa shape index (κ1) is 11.0. The Bertz CT molecular complexity index is 603. The molecule has 0 saturated carbocycles. The van der Waals surface area contributed by atoms with Gasteiger partial charge in [-0.15, -0.1) is 0 Å². The van der Waals surface area contributed by atoms with E-state index in [0.29, 0.717) is 5.56 Å². The molecule has 1 aromatic carbocycles. The summed E-state index contributed by atoms with van der Waals surface area (Å²) >= 11 is 0. The van der Waals surface area contributed by atoms with Crippen molar-refractivity contribution >= 4 is 11.6 Å². The van der Waals surface area contributed by atoms with Crippen molar-refractivity contribution in [2.75, 3.05) is 4.90 Å². The number of carbonyl (C=O) groups is 1. The van der Waals surface area contributed by atoms with E-state index >= 15 is 0 Å². The molecule has 0 radical (unpaired) electrons. The van der Waals surface area contributed by atoms with E-state index in [2.05, 4.69) is 18.1 Å². The number of aromatic nitrogens is 2. The number of carbonyl (C=O) groups excluding carboxylic acids is 1. The number of anilines is 1. The minimum absolute atomic E-state index is 0.0283. The fourth-order valence-corrected chi connectivity index (χ4v) is 2.55. The number of rotatable bonds is 1. The summed E-state index contributed by atoms with van der Waals surface area (Å²) in [6.45, 7) is 2.08. The number of fused-ring (bicyclic) bond motifs is 1. The molecule has 0 bridgehead atoms. The van der Waals surface area contributed by atoms with Crippen LogP contribution in [0.3, 0.4) is 0 Å². The van der Waals surface area contributed by atoms with Crippen LogP contribution in [0.15, 0.2) is 36.7 Å². The molecular weight excluding hydrogens is 226 g/mol. The lowest BCUT2D eigenvalue weighted by Crippen LogP contribution is -2.35. The highest BCUT2D eigenvalue weighted by Crippen LogP contribution is 2.32. The summed E-state index contributed by atoms with van der Waals surface area (Å²) in [5.74, 6) is 0.0283. The van der Waals surface area contributed by atoms with Gasteiger partial charge in [-0.05, 0) is 25.0 Å². The third-order valence-electron chi connectivity index (χ3n) is 3.38. The smallest absolute Gasteiger partial charge is 0.261 e. The van der Waals surface area contributed by atoms with Crippen LogP contribution in [0.5, 0.6) is 0 Å². The van der Waals surface area contributed by atoms with Gasteiger partial charge in [-0.3, -0.25) is 9.48 Å². The predicted molar refractivity (Wildman–Crippen MR) is 69.6 cm³/mol. The van der Waals surface area contributed by atoms with E-state index in [1.165, 1.54) is 5.56 Å². The zero-order chi connectivity index (χ0) is 12.7. The maximum Gasteiger partial charge on any atom is 0.261 e. The van der Waals surface area contributed by atoms with E-state index in [4.69, 9.17) is 0 Å². The molecule has 2 heterocycles. The average Bonchev–Trinajstić information content (AvgIpc) is 2.91. The Kier molecular flexibility index (Phi) is 2.44. The monoisotopic (exact) mass is 241 g/mol. The molecule has 4 heteroatoms. The second-order valence-electron chi connectivity index (χ2n) is 4.76. The van der Waals surface area contributed by atoms with Crippen LogP contribution in [0.4, 0.5) is 5.69 Å². The highest BCUT2D eigenvalue weighted by atomic mass is 16.2. The highest BCUT2D eigenvalue weighted by molar-refractivity contribution is 6.07. The number of benzene rings is 1. The maximum atomic E-state index is 12.5. The molecule has 3 rings (SSSR count). The molecule has 0 N–H and O–H groups in total. The van der Waals surface area contributed by atoms with Crippen LogP contribution >= 0.6 is 0 Å². The van der Waals surface area contributed by atoms with Gasteiger partial charge in [0.15, 0.2) is 0 Å². The van der Waals surface area contributed by atoms with Gasteiger partial charge in [-0.25, -0.2) is 0 Å².